The van der Waals surface area contributed by atoms with Gasteiger partial charge in [0.15, 0.2) is 11.5 Å². The topological polar surface area (TPSA) is 99.0 Å². The molecule has 0 aliphatic carbocycles. The molecule has 2 aromatic rings. The number of amides is 1. The van der Waals surface area contributed by atoms with E-state index in [0.717, 1.165) is 5.56 Å². The number of carbonyl (C=O) groups excluding carboxylic acids is 1. The summed E-state index contributed by atoms with van der Waals surface area (Å²) in [5.74, 6) is -0.590. The average molecular weight is 329 g/mol. The molecule has 0 unspecified atom stereocenters. The normalized spacial score (nSPS) is 12.2. The van der Waals surface area contributed by atoms with Crippen molar-refractivity contribution in [2.24, 2.45) is 0 Å². The number of hydrogen-bond acceptors (Lipinski definition) is 5. The van der Waals surface area contributed by atoms with Gasteiger partial charge in [-0.05, 0) is 41.5 Å². The lowest BCUT2D eigenvalue weighted by atomic mass is 10.1. The van der Waals surface area contributed by atoms with Gasteiger partial charge < -0.3 is 25.4 Å². The molecule has 0 fully saturated rings. The lowest BCUT2D eigenvalue weighted by Crippen LogP contribution is -2.27. The van der Waals surface area contributed by atoms with Crippen LogP contribution in [0.15, 0.2) is 48.5 Å². The summed E-state index contributed by atoms with van der Waals surface area (Å²) in [6, 6.07) is 10.8. The van der Waals surface area contributed by atoms with Crippen LogP contribution in [0, 0.1) is 0 Å². The molecule has 0 aliphatic rings. The Morgan fingerprint density at radius 1 is 1.12 bits per heavy atom. The minimum Gasteiger partial charge on any atom is -0.508 e. The van der Waals surface area contributed by atoms with Crippen molar-refractivity contribution in [3.63, 3.8) is 0 Å². The van der Waals surface area contributed by atoms with Crippen LogP contribution >= 0.6 is 0 Å². The molecule has 6 heteroatoms. The van der Waals surface area contributed by atoms with Gasteiger partial charge in [-0.1, -0.05) is 18.2 Å². The third-order valence-electron chi connectivity index (χ3n) is 3.44. The Bertz CT molecular complexity index is 725. The van der Waals surface area contributed by atoms with E-state index in [4.69, 9.17) is 4.74 Å². The molecule has 4 N–H and O–H groups in total. The summed E-state index contributed by atoms with van der Waals surface area (Å²) in [6.45, 7) is 0.208. The fourth-order valence-electron chi connectivity index (χ4n) is 2.09. The molecule has 2 aromatic carbocycles. The van der Waals surface area contributed by atoms with Crippen LogP contribution in [0.5, 0.6) is 17.2 Å². The molecular formula is C18H19NO5. The van der Waals surface area contributed by atoms with E-state index in [1.807, 2.05) is 0 Å². The zero-order valence-corrected chi connectivity index (χ0v) is 13.1. The Hall–Kier alpha value is -2.99. The standard InChI is InChI=1S/C18H19NO5/c1-24-17(13-5-8-15(21)16(22)10-13)11-19-18(23)9-4-12-2-6-14(20)7-3-12/h2-10,17,20-22H,11H2,1H3,(H,19,23)/b9-4+/t17-/m1/s1. The summed E-state index contributed by atoms with van der Waals surface area (Å²) < 4.78 is 5.30. The number of aromatic hydroxyl groups is 3. The Labute approximate surface area is 139 Å². The first kappa shape index (κ1) is 17.4. The van der Waals surface area contributed by atoms with E-state index in [9.17, 15) is 20.1 Å². The SMILES string of the molecule is CO[C@H](CNC(=O)/C=C/c1ccc(O)cc1)c1ccc(O)c(O)c1. The van der Waals surface area contributed by atoms with Crippen molar-refractivity contribution < 1.29 is 24.9 Å². The van der Waals surface area contributed by atoms with Gasteiger partial charge in [0.05, 0.1) is 6.10 Å². The quantitative estimate of drug-likeness (QED) is 0.481. The Balaban J connectivity index is 1.93. The molecular weight excluding hydrogens is 310 g/mol. The number of ether oxygens (including phenoxy) is 1. The Morgan fingerprint density at radius 2 is 1.83 bits per heavy atom. The number of hydrogen-bond donors (Lipinski definition) is 4. The summed E-state index contributed by atoms with van der Waals surface area (Å²) in [5.41, 5.74) is 1.42. The Kier molecular flexibility index (Phi) is 5.81. The molecule has 0 aliphatic heterocycles. The van der Waals surface area contributed by atoms with Gasteiger partial charge in [-0.15, -0.1) is 0 Å². The van der Waals surface area contributed by atoms with E-state index in [1.165, 1.54) is 37.5 Å². The summed E-state index contributed by atoms with van der Waals surface area (Å²) in [7, 11) is 1.49. The molecule has 2 rings (SSSR count). The van der Waals surface area contributed by atoms with Crippen LogP contribution in [-0.2, 0) is 9.53 Å². The largest absolute Gasteiger partial charge is 0.508 e. The highest BCUT2D eigenvalue weighted by Gasteiger charge is 2.13. The molecule has 0 spiro atoms. The van der Waals surface area contributed by atoms with Gasteiger partial charge in [0.1, 0.15) is 5.75 Å². The zero-order valence-electron chi connectivity index (χ0n) is 13.1. The van der Waals surface area contributed by atoms with Crippen LogP contribution in [0.3, 0.4) is 0 Å². The molecule has 0 radical (unpaired) electrons. The maximum absolute atomic E-state index is 11.9. The van der Waals surface area contributed by atoms with E-state index in [1.54, 1.807) is 24.3 Å². The molecule has 0 saturated heterocycles. The van der Waals surface area contributed by atoms with Gasteiger partial charge in [0, 0.05) is 19.7 Å². The molecule has 126 valence electrons. The number of methoxy groups -OCH3 is 1. The molecule has 1 amide bonds. The van der Waals surface area contributed by atoms with E-state index >= 15 is 0 Å². The number of carbonyl (C=O) groups is 1. The summed E-state index contributed by atoms with van der Waals surface area (Å²) in [4.78, 5) is 11.9. The molecule has 0 saturated carbocycles. The molecule has 0 bridgehead atoms. The number of nitrogens with one attached hydrogen (secondary N) is 1. The van der Waals surface area contributed by atoms with Crippen molar-refractivity contribution >= 4 is 12.0 Å². The highest BCUT2D eigenvalue weighted by atomic mass is 16.5. The lowest BCUT2D eigenvalue weighted by molar-refractivity contribution is -0.117. The van der Waals surface area contributed by atoms with E-state index < -0.39 is 6.10 Å². The zero-order chi connectivity index (χ0) is 17.5. The van der Waals surface area contributed by atoms with Gasteiger partial charge in [-0.25, -0.2) is 0 Å². The Morgan fingerprint density at radius 3 is 2.46 bits per heavy atom. The predicted molar refractivity (Wildman–Crippen MR) is 89.7 cm³/mol. The van der Waals surface area contributed by atoms with E-state index in [-0.39, 0.29) is 29.7 Å². The van der Waals surface area contributed by atoms with Crippen LogP contribution in [0.2, 0.25) is 0 Å². The van der Waals surface area contributed by atoms with Crippen molar-refractivity contribution in [2.75, 3.05) is 13.7 Å². The summed E-state index contributed by atoms with van der Waals surface area (Å²) in [5, 5.41) is 30.8. The smallest absolute Gasteiger partial charge is 0.244 e. The second kappa shape index (κ2) is 8.03. The minimum atomic E-state index is -0.456. The number of rotatable bonds is 6. The molecule has 1 atom stereocenters. The van der Waals surface area contributed by atoms with Crippen LogP contribution < -0.4 is 5.32 Å². The third kappa shape index (κ3) is 4.76. The maximum Gasteiger partial charge on any atom is 0.244 e. The highest BCUT2D eigenvalue weighted by Crippen LogP contribution is 2.28. The second-order valence-electron chi connectivity index (χ2n) is 5.14. The summed E-state index contributed by atoms with van der Waals surface area (Å²) in [6.07, 6.45) is 2.55. The number of phenolic OH excluding ortho intramolecular Hbond substituents is 3. The molecule has 0 aromatic heterocycles. The molecule has 0 heterocycles. The van der Waals surface area contributed by atoms with Crippen LogP contribution in [0.1, 0.15) is 17.2 Å². The minimum absolute atomic E-state index is 0.164. The monoisotopic (exact) mass is 329 g/mol. The third-order valence-corrected chi connectivity index (χ3v) is 3.44. The van der Waals surface area contributed by atoms with Gasteiger partial charge in [-0.3, -0.25) is 4.79 Å². The van der Waals surface area contributed by atoms with E-state index in [0.29, 0.717) is 5.56 Å². The number of phenols is 3. The fraction of sp³-hybridized carbons (Fsp3) is 0.167. The van der Waals surface area contributed by atoms with Crippen molar-refractivity contribution in [3.05, 3.63) is 59.7 Å². The second-order valence-corrected chi connectivity index (χ2v) is 5.14. The number of benzene rings is 2. The van der Waals surface area contributed by atoms with Crippen LogP contribution in [0.25, 0.3) is 6.08 Å². The van der Waals surface area contributed by atoms with Gasteiger partial charge in [0.25, 0.3) is 0 Å². The first-order chi connectivity index (χ1) is 11.5. The summed E-state index contributed by atoms with van der Waals surface area (Å²) >= 11 is 0. The van der Waals surface area contributed by atoms with E-state index in [2.05, 4.69) is 5.32 Å². The van der Waals surface area contributed by atoms with Crippen LogP contribution in [0.4, 0.5) is 0 Å². The molecule has 24 heavy (non-hydrogen) atoms. The van der Waals surface area contributed by atoms with Gasteiger partial charge in [0.2, 0.25) is 5.91 Å². The molecule has 6 nitrogen and oxygen atoms in total. The van der Waals surface area contributed by atoms with Crippen LogP contribution in [-0.4, -0.2) is 34.9 Å². The fourth-order valence-corrected chi connectivity index (χ4v) is 2.09. The van der Waals surface area contributed by atoms with Gasteiger partial charge in [-0.2, -0.15) is 0 Å². The van der Waals surface area contributed by atoms with Crippen molar-refractivity contribution in [1.82, 2.24) is 5.32 Å². The lowest BCUT2D eigenvalue weighted by Gasteiger charge is -2.16. The maximum atomic E-state index is 11.9. The first-order valence-electron chi connectivity index (χ1n) is 7.29. The highest BCUT2D eigenvalue weighted by molar-refractivity contribution is 5.91. The van der Waals surface area contributed by atoms with Gasteiger partial charge >= 0.3 is 0 Å². The van der Waals surface area contributed by atoms with Crippen molar-refractivity contribution in [1.29, 1.82) is 0 Å². The first-order valence-corrected chi connectivity index (χ1v) is 7.29. The predicted octanol–water partition coefficient (Wildman–Crippen LogP) is 2.32. The average Bonchev–Trinajstić information content (AvgIpc) is 2.58. The van der Waals surface area contributed by atoms with Crippen molar-refractivity contribution in [3.8, 4) is 17.2 Å². The van der Waals surface area contributed by atoms with Crippen molar-refractivity contribution in [2.45, 2.75) is 6.10 Å².